The summed E-state index contributed by atoms with van der Waals surface area (Å²) in [7, 11) is 0. The fraction of sp³-hybridized carbons (Fsp3) is 0.562. The summed E-state index contributed by atoms with van der Waals surface area (Å²) in [5.41, 5.74) is -1.78. The van der Waals surface area contributed by atoms with Crippen molar-refractivity contribution in [3.05, 3.63) is 22.8 Å². The number of hydrogen-bond acceptors (Lipinski definition) is 5. The predicted molar refractivity (Wildman–Crippen MR) is 90.8 cm³/mol. The fourth-order valence-corrected chi connectivity index (χ4v) is 2.81. The van der Waals surface area contributed by atoms with Crippen molar-refractivity contribution in [2.75, 3.05) is 24.5 Å². The topological polar surface area (TPSA) is 83.0 Å². The molecule has 1 amide bonds. The molecular formula is C16H19ClF3N3O4. The van der Waals surface area contributed by atoms with Gasteiger partial charge < -0.3 is 19.6 Å². The number of carbonyl (C=O) groups excluding carboxylic acids is 1. The smallest absolute Gasteiger partial charge is 0.417 e. The Hall–Kier alpha value is -2.23. The van der Waals surface area contributed by atoms with Crippen LogP contribution in [0.3, 0.4) is 0 Å². The minimum absolute atomic E-state index is 0.0221. The van der Waals surface area contributed by atoms with Gasteiger partial charge >= 0.3 is 18.2 Å². The quantitative estimate of drug-likeness (QED) is 0.807. The Morgan fingerprint density at radius 1 is 1.30 bits per heavy atom. The van der Waals surface area contributed by atoms with Gasteiger partial charge in [0.1, 0.15) is 17.5 Å². The molecule has 11 heteroatoms. The van der Waals surface area contributed by atoms with E-state index in [0.29, 0.717) is 12.3 Å². The van der Waals surface area contributed by atoms with Gasteiger partial charge in [0.05, 0.1) is 17.1 Å². The first kappa shape index (κ1) is 21.1. The number of aliphatic carboxylic acids is 1. The molecule has 1 aliphatic heterocycles. The molecule has 1 fully saturated rings. The summed E-state index contributed by atoms with van der Waals surface area (Å²) in [6, 6.07) is -0.531. The molecule has 1 saturated heterocycles. The lowest BCUT2D eigenvalue weighted by Crippen LogP contribution is -2.58. The molecule has 2 heterocycles. The van der Waals surface area contributed by atoms with Crippen molar-refractivity contribution in [2.45, 2.75) is 38.6 Å². The molecule has 27 heavy (non-hydrogen) atoms. The van der Waals surface area contributed by atoms with Gasteiger partial charge in [0.15, 0.2) is 0 Å². The third-order valence-electron chi connectivity index (χ3n) is 3.74. The van der Waals surface area contributed by atoms with E-state index in [1.54, 1.807) is 20.8 Å². The molecule has 0 aromatic carbocycles. The highest BCUT2D eigenvalue weighted by atomic mass is 35.5. The number of pyridine rings is 1. The molecule has 1 atom stereocenters. The summed E-state index contributed by atoms with van der Waals surface area (Å²) in [4.78, 5) is 30.0. The average Bonchev–Trinajstić information content (AvgIpc) is 2.51. The standard InChI is InChI=1S/C16H19ClF3N3O4/c1-15(2,3)27-14(26)22-4-5-23(11(8-22)13(24)25)12-10(17)6-9(7-21-12)16(18,19)20/h6-7,11H,4-5,8H2,1-3H3,(H,24,25). The Bertz CT molecular complexity index is 737. The number of alkyl halides is 3. The molecule has 1 aliphatic rings. The zero-order valence-electron chi connectivity index (χ0n) is 14.9. The number of carbonyl (C=O) groups is 2. The van der Waals surface area contributed by atoms with Crippen LogP contribution in [0.25, 0.3) is 0 Å². The first-order chi connectivity index (χ1) is 12.3. The van der Waals surface area contributed by atoms with E-state index < -0.39 is 35.4 Å². The van der Waals surface area contributed by atoms with Crippen LogP contribution in [0.2, 0.25) is 5.02 Å². The fourth-order valence-electron chi connectivity index (χ4n) is 2.54. The Labute approximate surface area is 158 Å². The van der Waals surface area contributed by atoms with Crippen LogP contribution in [-0.4, -0.2) is 58.3 Å². The highest BCUT2D eigenvalue weighted by Gasteiger charge is 2.38. The van der Waals surface area contributed by atoms with E-state index >= 15 is 0 Å². The molecule has 150 valence electrons. The van der Waals surface area contributed by atoms with Crippen LogP contribution < -0.4 is 4.90 Å². The SMILES string of the molecule is CC(C)(C)OC(=O)N1CCN(c2ncc(C(F)(F)F)cc2Cl)C(C(=O)O)C1. The summed E-state index contributed by atoms with van der Waals surface area (Å²) < 4.78 is 43.5. The number of anilines is 1. The van der Waals surface area contributed by atoms with Gasteiger partial charge in [-0.2, -0.15) is 13.2 Å². The van der Waals surface area contributed by atoms with Gasteiger partial charge in [-0.3, -0.25) is 0 Å². The van der Waals surface area contributed by atoms with Crippen LogP contribution in [0.1, 0.15) is 26.3 Å². The van der Waals surface area contributed by atoms with Crippen LogP contribution in [0.4, 0.5) is 23.8 Å². The molecule has 0 radical (unpaired) electrons. The van der Waals surface area contributed by atoms with Gasteiger partial charge in [-0.05, 0) is 26.8 Å². The zero-order chi connectivity index (χ0) is 20.6. The van der Waals surface area contributed by atoms with Gasteiger partial charge in [0.2, 0.25) is 0 Å². The molecule has 0 saturated carbocycles. The number of carboxylic acids is 1. The normalized spacial score (nSPS) is 18.4. The van der Waals surface area contributed by atoms with E-state index in [1.165, 1.54) is 9.80 Å². The van der Waals surface area contributed by atoms with Crippen LogP contribution in [0.15, 0.2) is 12.3 Å². The molecule has 0 aliphatic carbocycles. The molecule has 7 nitrogen and oxygen atoms in total. The van der Waals surface area contributed by atoms with Crippen molar-refractivity contribution >= 4 is 29.5 Å². The molecule has 1 aromatic rings. The second kappa shape index (κ2) is 7.41. The lowest BCUT2D eigenvalue weighted by molar-refractivity contribution is -0.140. The number of halogens is 4. The summed E-state index contributed by atoms with van der Waals surface area (Å²) in [5, 5.41) is 9.19. The number of hydrogen-bond donors (Lipinski definition) is 1. The maximum absolute atomic E-state index is 12.8. The number of rotatable bonds is 2. The Morgan fingerprint density at radius 3 is 2.41 bits per heavy atom. The number of nitrogens with zero attached hydrogens (tertiary/aromatic N) is 3. The van der Waals surface area contributed by atoms with Gasteiger partial charge in [-0.25, -0.2) is 14.6 Å². The van der Waals surface area contributed by atoms with E-state index in [0.717, 1.165) is 0 Å². The van der Waals surface area contributed by atoms with Crippen molar-refractivity contribution < 1.29 is 32.6 Å². The van der Waals surface area contributed by atoms with Crippen LogP contribution in [-0.2, 0) is 15.7 Å². The molecule has 1 aromatic heterocycles. The van der Waals surface area contributed by atoms with Gasteiger partial charge in [0, 0.05) is 19.3 Å². The van der Waals surface area contributed by atoms with Crippen LogP contribution >= 0.6 is 11.6 Å². The van der Waals surface area contributed by atoms with Gasteiger partial charge in [0.25, 0.3) is 0 Å². The summed E-state index contributed by atoms with van der Waals surface area (Å²) in [5.74, 6) is -1.35. The molecular weight excluding hydrogens is 391 g/mol. The van der Waals surface area contributed by atoms with Crippen molar-refractivity contribution in [1.82, 2.24) is 9.88 Å². The molecule has 1 unspecified atom stereocenters. The highest BCUT2D eigenvalue weighted by molar-refractivity contribution is 6.33. The minimum Gasteiger partial charge on any atom is -0.480 e. The predicted octanol–water partition coefficient (Wildman–Crippen LogP) is 3.26. The summed E-state index contributed by atoms with van der Waals surface area (Å²) >= 11 is 5.92. The second-order valence-corrected chi connectivity index (χ2v) is 7.41. The van der Waals surface area contributed by atoms with Crippen LogP contribution in [0.5, 0.6) is 0 Å². The van der Waals surface area contributed by atoms with E-state index in [1.807, 2.05) is 0 Å². The maximum Gasteiger partial charge on any atom is 0.417 e. The first-order valence-electron chi connectivity index (χ1n) is 7.99. The number of ether oxygens (including phenoxy) is 1. The Morgan fingerprint density at radius 2 is 1.93 bits per heavy atom. The van der Waals surface area contributed by atoms with Gasteiger partial charge in [-0.15, -0.1) is 0 Å². The molecule has 1 N–H and O–H groups in total. The first-order valence-corrected chi connectivity index (χ1v) is 8.37. The second-order valence-electron chi connectivity index (χ2n) is 7.00. The highest BCUT2D eigenvalue weighted by Crippen LogP contribution is 2.34. The zero-order valence-corrected chi connectivity index (χ0v) is 15.6. The third-order valence-corrected chi connectivity index (χ3v) is 4.02. The van der Waals surface area contributed by atoms with Crippen LogP contribution in [0, 0.1) is 0 Å². The Kier molecular flexibility index (Phi) is 5.79. The van der Waals surface area contributed by atoms with Crippen molar-refractivity contribution in [1.29, 1.82) is 0 Å². The van der Waals surface area contributed by atoms with Crippen molar-refractivity contribution in [3.8, 4) is 0 Å². The number of carboxylic acid groups (broad SMARTS) is 1. The lowest BCUT2D eigenvalue weighted by atomic mass is 10.1. The van der Waals surface area contributed by atoms with E-state index in [-0.39, 0.29) is 30.5 Å². The van der Waals surface area contributed by atoms with E-state index in [2.05, 4.69) is 4.98 Å². The summed E-state index contributed by atoms with van der Waals surface area (Å²) in [6.45, 7) is 4.96. The van der Waals surface area contributed by atoms with Crippen molar-refractivity contribution in [3.63, 3.8) is 0 Å². The van der Waals surface area contributed by atoms with E-state index in [4.69, 9.17) is 16.3 Å². The third kappa shape index (κ3) is 5.15. The van der Waals surface area contributed by atoms with Crippen molar-refractivity contribution in [2.24, 2.45) is 0 Å². The van der Waals surface area contributed by atoms with E-state index in [9.17, 15) is 27.9 Å². The molecule has 0 bridgehead atoms. The Balaban J connectivity index is 2.24. The number of aromatic nitrogens is 1. The monoisotopic (exact) mass is 409 g/mol. The lowest BCUT2D eigenvalue weighted by Gasteiger charge is -2.40. The molecule has 2 rings (SSSR count). The summed E-state index contributed by atoms with van der Waals surface area (Å²) in [6.07, 6.45) is -4.68. The molecule has 0 spiro atoms. The largest absolute Gasteiger partial charge is 0.480 e. The minimum atomic E-state index is -4.61. The number of piperazine rings is 1. The maximum atomic E-state index is 12.8. The average molecular weight is 410 g/mol. The van der Waals surface area contributed by atoms with Gasteiger partial charge in [-0.1, -0.05) is 11.6 Å². The number of amides is 1.